The summed E-state index contributed by atoms with van der Waals surface area (Å²) in [6.45, 7) is 0. The number of fused-ring (bicyclic) bond motifs is 4. The zero-order chi connectivity index (χ0) is 31.9. The van der Waals surface area contributed by atoms with Crippen LogP contribution in [-0.4, -0.2) is 46.1 Å². The third kappa shape index (κ3) is 6.27. The average Bonchev–Trinajstić information content (AvgIpc) is 3.51. The highest BCUT2D eigenvalue weighted by Crippen LogP contribution is 2.55. The van der Waals surface area contributed by atoms with Crippen LogP contribution in [0.3, 0.4) is 0 Å². The lowest BCUT2D eigenvalue weighted by atomic mass is 9.69. The molecule has 2 heteroatoms. The number of hydrogen-bond acceptors (Lipinski definition) is 2. The zero-order valence-electron chi connectivity index (χ0n) is 30.2. The topological polar surface area (TPSA) is 6.48 Å². The van der Waals surface area contributed by atoms with E-state index in [9.17, 15) is 0 Å². The van der Waals surface area contributed by atoms with Crippen molar-refractivity contribution in [2.45, 2.75) is 184 Å². The van der Waals surface area contributed by atoms with Gasteiger partial charge in [-0.1, -0.05) is 97.9 Å². The van der Waals surface area contributed by atoms with Crippen LogP contribution in [0.5, 0.6) is 0 Å². The number of hydrogen-bond donors (Lipinski definition) is 0. The summed E-state index contributed by atoms with van der Waals surface area (Å²) in [4.78, 5) is 6.43. The van der Waals surface area contributed by atoms with Gasteiger partial charge in [0.15, 0.2) is 0 Å². The minimum Gasteiger partial charge on any atom is -0.294 e. The molecule has 0 spiro atoms. The highest BCUT2D eigenvalue weighted by Gasteiger charge is 2.55. The maximum absolute atomic E-state index is 3.28. The van der Waals surface area contributed by atoms with Gasteiger partial charge in [-0.05, 0) is 151 Å². The molecule has 0 N–H and O–H groups in total. The Morgan fingerprint density at radius 1 is 0.604 bits per heavy atom. The van der Waals surface area contributed by atoms with E-state index in [-0.39, 0.29) is 0 Å². The molecule has 2 nitrogen and oxygen atoms in total. The molecule has 1 heterocycles. The quantitative estimate of drug-likeness (QED) is 0.265. The Kier molecular flexibility index (Phi) is 9.78. The normalized spacial score (nSPS) is 42.1. The second-order valence-electron chi connectivity index (χ2n) is 18.0. The molecule has 8 atom stereocenters. The maximum atomic E-state index is 3.28. The molecule has 0 radical (unpaired) electrons. The lowest BCUT2D eigenvalue weighted by Gasteiger charge is -2.51. The molecule has 5 unspecified atom stereocenters. The van der Waals surface area contributed by atoms with Crippen molar-refractivity contribution in [3.05, 3.63) is 71.4 Å². The molecule has 9 rings (SSSR count). The van der Waals surface area contributed by atoms with E-state index in [0.717, 1.165) is 53.8 Å². The van der Waals surface area contributed by atoms with Crippen LogP contribution in [0.2, 0.25) is 0 Å². The molecule has 260 valence electrons. The lowest BCUT2D eigenvalue weighted by Crippen LogP contribution is -2.56. The van der Waals surface area contributed by atoms with Gasteiger partial charge < -0.3 is 0 Å². The summed E-state index contributed by atoms with van der Waals surface area (Å²) >= 11 is 0. The molecule has 0 aromatic heterocycles. The number of nitrogens with zero attached hydrogens (tertiary/aromatic N) is 2. The maximum Gasteiger partial charge on any atom is 0.0388 e. The van der Waals surface area contributed by atoms with E-state index in [1.807, 2.05) is 11.1 Å². The Labute approximate surface area is 293 Å². The predicted octanol–water partition coefficient (Wildman–Crippen LogP) is 11.4. The Morgan fingerprint density at radius 2 is 1.48 bits per heavy atom. The molecule has 1 saturated heterocycles. The summed E-state index contributed by atoms with van der Waals surface area (Å²) < 4.78 is 0. The first kappa shape index (κ1) is 32.3. The van der Waals surface area contributed by atoms with Crippen LogP contribution in [0, 0.1) is 29.6 Å². The molecule has 1 aliphatic heterocycles. The van der Waals surface area contributed by atoms with Gasteiger partial charge >= 0.3 is 0 Å². The van der Waals surface area contributed by atoms with Gasteiger partial charge in [0.1, 0.15) is 0 Å². The zero-order valence-corrected chi connectivity index (χ0v) is 30.2. The summed E-state index contributed by atoms with van der Waals surface area (Å²) in [5.74, 6) is 4.69. The van der Waals surface area contributed by atoms with Crippen LogP contribution in [0.1, 0.15) is 148 Å². The Hall–Kier alpha value is -1.64. The first-order valence-corrected chi connectivity index (χ1v) is 21.4. The van der Waals surface area contributed by atoms with E-state index in [4.69, 9.17) is 0 Å². The lowest BCUT2D eigenvalue weighted by molar-refractivity contribution is -0.00639. The summed E-state index contributed by atoms with van der Waals surface area (Å²) in [6, 6.07) is 4.39. The highest BCUT2D eigenvalue weighted by atomic mass is 15.3. The molecule has 8 aliphatic carbocycles. The van der Waals surface area contributed by atoms with Crippen molar-refractivity contribution in [3.8, 4) is 0 Å². The number of allylic oxidation sites excluding steroid dienone is 7. The second-order valence-corrected chi connectivity index (χ2v) is 18.0. The van der Waals surface area contributed by atoms with Gasteiger partial charge in [-0.15, -0.1) is 0 Å². The minimum atomic E-state index is 0.586. The van der Waals surface area contributed by atoms with Crippen LogP contribution in [0.25, 0.3) is 0 Å². The van der Waals surface area contributed by atoms with E-state index < -0.39 is 0 Å². The third-order valence-corrected chi connectivity index (χ3v) is 15.8. The SMILES string of the molecule is C1=CCC(N2C3C4=C(CCC=C4)CCC3[C@@H]3CCC(N(C4CCC(C5CCCCC5)CC4)[C@H]4CC=C([C@H]5CC=CCC5)CC4)CC32)C=C1. The molecular formula is C46H66N2. The van der Waals surface area contributed by atoms with Gasteiger partial charge in [0.05, 0.1) is 0 Å². The van der Waals surface area contributed by atoms with Crippen molar-refractivity contribution >= 4 is 0 Å². The van der Waals surface area contributed by atoms with Gasteiger partial charge in [0.2, 0.25) is 0 Å². The van der Waals surface area contributed by atoms with E-state index >= 15 is 0 Å². The smallest absolute Gasteiger partial charge is 0.0388 e. The van der Waals surface area contributed by atoms with Crippen LogP contribution in [0.15, 0.2) is 71.4 Å². The Morgan fingerprint density at radius 3 is 2.27 bits per heavy atom. The van der Waals surface area contributed by atoms with Gasteiger partial charge in [0.25, 0.3) is 0 Å². The van der Waals surface area contributed by atoms with E-state index in [2.05, 4.69) is 64.5 Å². The highest BCUT2D eigenvalue weighted by molar-refractivity contribution is 5.40. The van der Waals surface area contributed by atoms with Gasteiger partial charge in [0, 0.05) is 36.3 Å². The van der Waals surface area contributed by atoms with Gasteiger partial charge in [-0.2, -0.15) is 0 Å². The second kappa shape index (κ2) is 14.5. The van der Waals surface area contributed by atoms with Crippen LogP contribution >= 0.6 is 0 Å². The molecule has 3 saturated carbocycles. The summed E-state index contributed by atoms with van der Waals surface area (Å²) in [6.07, 6.45) is 55.2. The molecule has 0 aromatic rings. The van der Waals surface area contributed by atoms with Crippen LogP contribution in [-0.2, 0) is 0 Å². The molecule has 0 bridgehead atoms. The molecule has 0 amide bonds. The van der Waals surface area contributed by atoms with Crippen molar-refractivity contribution in [2.75, 3.05) is 0 Å². The molecule has 4 fully saturated rings. The Balaban J connectivity index is 0.982. The van der Waals surface area contributed by atoms with Crippen molar-refractivity contribution < 1.29 is 0 Å². The van der Waals surface area contributed by atoms with Gasteiger partial charge in [-0.3, -0.25) is 9.80 Å². The standard InChI is InChI=1S/C46H66N2/c1-4-12-33(13-5-1)35-20-25-39(26-21-35)47(40-27-22-36(23-28-40)34-14-6-2-7-15-34)41-29-31-43-44-30-24-37-16-10-11-19-42(37)46(44)48(45(43)32-41)38-17-8-3-9-18-38/h1,3-4,8-9,11,17,19-20,33-34,36,38-41,43-46H,2,5-7,10,12-16,18,21-32H2/t33-,36?,38?,39-,40?,41?,43-,44?,45?,46?/m0/s1. The summed E-state index contributed by atoms with van der Waals surface area (Å²) in [5.41, 5.74) is 5.42. The first-order chi connectivity index (χ1) is 23.8. The van der Waals surface area contributed by atoms with E-state index in [0.29, 0.717) is 12.1 Å². The van der Waals surface area contributed by atoms with Crippen LogP contribution in [0.4, 0.5) is 0 Å². The Bertz CT molecular complexity index is 1310. The fourth-order valence-corrected chi connectivity index (χ4v) is 13.6. The van der Waals surface area contributed by atoms with Crippen molar-refractivity contribution in [1.82, 2.24) is 9.80 Å². The van der Waals surface area contributed by atoms with Crippen molar-refractivity contribution in [2.24, 2.45) is 29.6 Å². The molecule has 48 heavy (non-hydrogen) atoms. The number of likely N-dealkylation sites (tertiary alicyclic amines) is 1. The van der Waals surface area contributed by atoms with Gasteiger partial charge in [-0.25, -0.2) is 0 Å². The van der Waals surface area contributed by atoms with E-state index in [1.54, 1.807) is 5.57 Å². The molecule has 0 aromatic carbocycles. The predicted molar refractivity (Wildman–Crippen MR) is 202 cm³/mol. The van der Waals surface area contributed by atoms with Crippen molar-refractivity contribution in [3.63, 3.8) is 0 Å². The van der Waals surface area contributed by atoms with E-state index in [1.165, 1.54) is 148 Å². The molecule has 9 aliphatic rings. The first-order valence-electron chi connectivity index (χ1n) is 21.4. The summed E-state index contributed by atoms with van der Waals surface area (Å²) in [7, 11) is 0. The monoisotopic (exact) mass is 647 g/mol. The third-order valence-electron chi connectivity index (χ3n) is 15.8. The average molecular weight is 647 g/mol. The summed E-state index contributed by atoms with van der Waals surface area (Å²) in [5, 5.41) is 0. The minimum absolute atomic E-state index is 0.586. The number of rotatable bonds is 6. The molecular weight excluding hydrogens is 581 g/mol. The fraction of sp³-hybridized carbons (Fsp3) is 0.739. The largest absolute Gasteiger partial charge is 0.294 e. The van der Waals surface area contributed by atoms with Crippen LogP contribution < -0.4 is 0 Å². The fourth-order valence-electron chi connectivity index (χ4n) is 13.6. The van der Waals surface area contributed by atoms with Crippen molar-refractivity contribution in [1.29, 1.82) is 0 Å².